The monoisotopic (exact) mass is 355 g/mol. The van der Waals surface area contributed by atoms with Crippen molar-refractivity contribution in [3.05, 3.63) is 71.0 Å². The fourth-order valence-corrected chi connectivity index (χ4v) is 2.87. The lowest BCUT2D eigenvalue weighted by Crippen LogP contribution is -2.50. The third-order valence-corrected chi connectivity index (χ3v) is 4.29. The Morgan fingerprint density at radius 1 is 1.04 bits per heavy atom. The molecule has 3 rings (SSSR count). The van der Waals surface area contributed by atoms with Gasteiger partial charge in [0, 0.05) is 55.2 Å². The molecule has 0 saturated carbocycles. The van der Waals surface area contributed by atoms with Gasteiger partial charge >= 0.3 is 0 Å². The van der Waals surface area contributed by atoms with Crippen LogP contribution in [0.1, 0.15) is 15.9 Å². The first kappa shape index (κ1) is 17.2. The molecule has 0 unspecified atom stereocenters. The summed E-state index contributed by atoms with van der Waals surface area (Å²) in [7, 11) is 0. The van der Waals surface area contributed by atoms with E-state index in [0.29, 0.717) is 36.8 Å². The van der Waals surface area contributed by atoms with Gasteiger partial charge in [0.2, 0.25) is 5.91 Å². The van der Waals surface area contributed by atoms with E-state index in [0.717, 1.165) is 5.56 Å². The first-order valence-corrected chi connectivity index (χ1v) is 8.43. The van der Waals surface area contributed by atoms with Gasteiger partial charge in [0.15, 0.2) is 0 Å². The maximum absolute atomic E-state index is 12.5. The highest BCUT2D eigenvalue weighted by Crippen LogP contribution is 2.14. The second kappa shape index (κ2) is 7.94. The molecule has 1 aromatic heterocycles. The van der Waals surface area contributed by atoms with Crippen LogP contribution in [0.25, 0.3) is 6.08 Å². The van der Waals surface area contributed by atoms with Gasteiger partial charge in [-0.1, -0.05) is 23.7 Å². The molecule has 1 aliphatic rings. The number of halogens is 1. The fourth-order valence-electron chi connectivity index (χ4n) is 2.68. The van der Waals surface area contributed by atoms with Gasteiger partial charge < -0.3 is 9.80 Å². The Morgan fingerprint density at radius 3 is 2.48 bits per heavy atom. The molecule has 2 aromatic rings. The van der Waals surface area contributed by atoms with E-state index in [9.17, 15) is 9.59 Å². The molecule has 0 atom stereocenters. The highest BCUT2D eigenvalue weighted by molar-refractivity contribution is 6.30. The van der Waals surface area contributed by atoms with Crippen molar-refractivity contribution in [3.8, 4) is 0 Å². The van der Waals surface area contributed by atoms with Gasteiger partial charge in [0.1, 0.15) is 0 Å². The summed E-state index contributed by atoms with van der Waals surface area (Å²) in [5.41, 5.74) is 1.45. The van der Waals surface area contributed by atoms with Crippen LogP contribution in [0.5, 0.6) is 0 Å². The van der Waals surface area contributed by atoms with Crippen molar-refractivity contribution in [1.82, 2.24) is 14.8 Å². The summed E-state index contributed by atoms with van der Waals surface area (Å²) >= 11 is 5.94. The summed E-state index contributed by atoms with van der Waals surface area (Å²) in [6, 6.07) is 10.6. The number of piperazine rings is 1. The first-order valence-electron chi connectivity index (χ1n) is 8.05. The minimum absolute atomic E-state index is 0.0551. The number of hydrogen-bond acceptors (Lipinski definition) is 3. The Balaban J connectivity index is 1.55. The number of aromatic nitrogens is 1. The Labute approximate surface area is 151 Å². The van der Waals surface area contributed by atoms with E-state index in [-0.39, 0.29) is 11.8 Å². The lowest BCUT2D eigenvalue weighted by atomic mass is 10.2. The lowest BCUT2D eigenvalue weighted by molar-refractivity contribution is -0.127. The Kier molecular flexibility index (Phi) is 5.46. The fraction of sp³-hybridized carbons (Fsp3) is 0.211. The van der Waals surface area contributed by atoms with Crippen molar-refractivity contribution >= 4 is 29.5 Å². The molecule has 6 heteroatoms. The van der Waals surface area contributed by atoms with E-state index in [1.807, 2.05) is 12.1 Å². The maximum Gasteiger partial charge on any atom is 0.254 e. The number of hydrogen-bond donors (Lipinski definition) is 0. The zero-order chi connectivity index (χ0) is 17.6. The number of carbonyl (C=O) groups is 2. The lowest BCUT2D eigenvalue weighted by Gasteiger charge is -2.34. The van der Waals surface area contributed by atoms with Crippen molar-refractivity contribution in [2.24, 2.45) is 0 Å². The molecule has 0 spiro atoms. The minimum atomic E-state index is -0.0568. The summed E-state index contributed by atoms with van der Waals surface area (Å²) in [4.78, 5) is 32.2. The second-order valence-corrected chi connectivity index (χ2v) is 6.18. The predicted molar refractivity (Wildman–Crippen MR) is 97.2 cm³/mol. The van der Waals surface area contributed by atoms with E-state index in [1.54, 1.807) is 58.6 Å². The molecule has 25 heavy (non-hydrogen) atoms. The standard InChI is InChI=1S/C19H18ClN3O2/c20-17-5-1-4-16(13-17)19(25)23-11-9-22(10-12-23)18(24)7-6-15-3-2-8-21-14-15/h1-8,13-14H,9-12H2/b7-6+. The Hall–Kier alpha value is -2.66. The molecule has 0 aliphatic carbocycles. The van der Waals surface area contributed by atoms with E-state index in [4.69, 9.17) is 11.6 Å². The Bertz CT molecular complexity index is 784. The van der Waals surface area contributed by atoms with Crippen LogP contribution in [0, 0.1) is 0 Å². The van der Waals surface area contributed by atoms with Crippen molar-refractivity contribution in [3.63, 3.8) is 0 Å². The smallest absolute Gasteiger partial charge is 0.254 e. The molecule has 1 fully saturated rings. The van der Waals surface area contributed by atoms with E-state index in [1.165, 1.54) is 0 Å². The van der Waals surface area contributed by atoms with Crippen LogP contribution in [0.2, 0.25) is 5.02 Å². The van der Waals surface area contributed by atoms with Crippen LogP contribution >= 0.6 is 11.6 Å². The molecular weight excluding hydrogens is 338 g/mol. The summed E-state index contributed by atoms with van der Waals surface area (Å²) in [6.07, 6.45) is 6.69. The first-order chi connectivity index (χ1) is 12.1. The van der Waals surface area contributed by atoms with Gasteiger partial charge in [-0.25, -0.2) is 0 Å². The van der Waals surface area contributed by atoms with Crippen LogP contribution in [0.3, 0.4) is 0 Å². The third kappa shape index (κ3) is 4.45. The highest BCUT2D eigenvalue weighted by atomic mass is 35.5. The quantitative estimate of drug-likeness (QED) is 0.795. The molecule has 2 amide bonds. The number of benzene rings is 1. The summed E-state index contributed by atoms with van der Waals surface area (Å²) in [5.74, 6) is -0.112. The average molecular weight is 356 g/mol. The number of carbonyl (C=O) groups excluding carboxylic acids is 2. The maximum atomic E-state index is 12.5. The zero-order valence-corrected chi connectivity index (χ0v) is 14.4. The van der Waals surface area contributed by atoms with Gasteiger partial charge in [-0.3, -0.25) is 14.6 Å². The van der Waals surface area contributed by atoms with Gasteiger partial charge in [0.25, 0.3) is 5.91 Å². The molecule has 1 saturated heterocycles. The molecule has 5 nitrogen and oxygen atoms in total. The van der Waals surface area contributed by atoms with E-state index in [2.05, 4.69) is 4.98 Å². The van der Waals surface area contributed by atoms with E-state index >= 15 is 0 Å². The molecule has 128 valence electrons. The average Bonchev–Trinajstić information content (AvgIpc) is 2.66. The van der Waals surface area contributed by atoms with Crippen LogP contribution in [-0.4, -0.2) is 52.8 Å². The summed E-state index contributed by atoms with van der Waals surface area (Å²) in [6.45, 7) is 2.06. The molecule has 1 aliphatic heterocycles. The number of nitrogens with zero attached hydrogens (tertiary/aromatic N) is 3. The van der Waals surface area contributed by atoms with E-state index < -0.39 is 0 Å². The molecule has 1 aromatic carbocycles. The Morgan fingerprint density at radius 2 is 1.80 bits per heavy atom. The zero-order valence-electron chi connectivity index (χ0n) is 13.6. The molecule has 0 N–H and O–H groups in total. The van der Waals surface area contributed by atoms with Crippen molar-refractivity contribution in [2.45, 2.75) is 0 Å². The SMILES string of the molecule is O=C(/C=C/c1cccnc1)N1CCN(C(=O)c2cccc(Cl)c2)CC1. The number of pyridine rings is 1. The molecule has 2 heterocycles. The number of rotatable bonds is 3. The predicted octanol–water partition coefficient (Wildman–Crippen LogP) is 2.73. The van der Waals surface area contributed by atoms with Gasteiger partial charge in [-0.15, -0.1) is 0 Å². The van der Waals surface area contributed by atoms with Crippen LogP contribution < -0.4 is 0 Å². The van der Waals surface area contributed by atoms with Crippen LogP contribution in [0.15, 0.2) is 54.9 Å². The van der Waals surface area contributed by atoms with Gasteiger partial charge in [-0.2, -0.15) is 0 Å². The summed E-state index contributed by atoms with van der Waals surface area (Å²) < 4.78 is 0. The molecule has 0 bridgehead atoms. The third-order valence-electron chi connectivity index (χ3n) is 4.05. The largest absolute Gasteiger partial charge is 0.336 e. The van der Waals surface area contributed by atoms with Crippen molar-refractivity contribution < 1.29 is 9.59 Å². The van der Waals surface area contributed by atoms with Crippen molar-refractivity contribution in [1.29, 1.82) is 0 Å². The normalized spacial score (nSPS) is 14.8. The molecular formula is C19H18ClN3O2. The minimum Gasteiger partial charge on any atom is -0.336 e. The topological polar surface area (TPSA) is 53.5 Å². The summed E-state index contributed by atoms with van der Waals surface area (Å²) in [5, 5.41) is 0.542. The van der Waals surface area contributed by atoms with Gasteiger partial charge in [-0.05, 0) is 35.9 Å². The second-order valence-electron chi connectivity index (χ2n) is 5.75. The van der Waals surface area contributed by atoms with Crippen LogP contribution in [0.4, 0.5) is 0 Å². The highest BCUT2D eigenvalue weighted by Gasteiger charge is 2.23. The van der Waals surface area contributed by atoms with Crippen molar-refractivity contribution in [2.75, 3.05) is 26.2 Å². The van der Waals surface area contributed by atoms with Gasteiger partial charge in [0.05, 0.1) is 0 Å². The molecule has 0 radical (unpaired) electrons. The number of amides is 2. The van der Waals surface area contributed by atoms with Crippen LogP contribution in [-0.2, 0) is 4.79 Å².